The van der Waals surface area contributed by atoms with Crippen LogP contribution in [-0.2, 0) is 4.79 Å². The van der Waals surface area contributed by atoms with Crippen LogP contribution in [0.15, 0.2) is 0 Å². The molecule has 80 valence electrons. The molecule has 2 N–H and O–H groups in total. The van der Waals surface area contributed by atoms with Gasteiger partial charge >= 0.3 is 5.97 Å². The first-order valence-corrected chi connectivity index (χ1v) is 5.71. The third kappa shape index (κ3) is 2.27. The van der Waals surface area contributed by atoms with E-state index in [1.54, 1.807) is 0 Å². The number of rotatable bonds is 2. The molecule has 1 aliphatic heterocycles. The van der Waals surface area contributed by atoms with Crippen LogP contribution in [0, 0.1) is 11.8 Å². The maximum absolute atomic E-state index is 10.6. The molecule has 3 heteroatoms. The summed E-state index contributed by atoms with van der Waals surface area (Å²) < 4.78 is 0. The Bertz CT molecular complexity index is 217. The molecule has 1 saturated carbocycles. The molecule has 0 amide bonds. The molecule has 3 nitrogen and oxygen atoms in total. The van der Waals surface area contributed by atoms with E-state index in [-0.39, 0.29) is 6.04 Å². The minimum Gasteiger partial charge on any atom is -0.481 e. The molecule has 0 aromatic rings. The van der Waals surface area contributed by atoms with Gasteiger partial charge in [-0.05, 0) is 31.2 Å². The van der Waals surface area contributed by atoms with Crippen molar-refractivity contribution in [3.8, 4) is 0 Å². The van der Waals surface area contributed by atoms with Crippen molar-refractivity contribution in [2.75, 3.05) is 6.54 Å². The second-order valence-corrected chi connectivity index (χ2v) is 4.74. The van der Waals surface area contributed by atoms with Gasteiger partial charge in [-0.1, -0.05) is 19.3 Å². The van der Waals surface area contributed by atoms with Crippen LogP contribution in [0.5, 0.6) is 0 Å². The number of piperidine rings is 1. The summed E-state index contributed by atoms with van der Waals surface area (Å²) >= 11 is 0. The van der Waals surface area contributed by atoms with Crippen molar-refractivity contribution in [1.29, 1.82) is 0 Å². The average molecular weight is 197 g/mol. The largest absolute Gasteiger partial charge is 0.481 e. The molecule has 0 aromatic carbocycles. The molecule has 2 rings (SSSR count). The van der Waals surface area contributed by atoms with Crippen molar-refractivity contribution in [1.82, 2.24) is 5.32 Å². The Labute approximate surface area is 84.9 Å². The van der Waals surface area contributed by atoms with Crippen molar-refractivity contribution in [2.24, 2.45) is 11.8 Å². The third-order valence-electron chi connectivity index (χ3n) is 3.74. The molecule has 14 heavy (non-hydrogen) atoms. The summed E-state index contributed by atoms with van der Waals surface area (Å²) in [6.07, 6.45) is 6.76. The normalized spacial score (nSPS) is 37.6. The summed E-state index contributed by atoms with van der Waals surface area (Å²) in [5, 5.41) is 12.1. The fourth-order valence-electron chi connectivity index (χ4n) is 3.00. The molecule has 2 aliphatic rings. The van der Waals surface area contributed by atoms with Gasteiger partial charge in [0.05, 0.1) is 6.42 Å². The van der Waals surface area contributed by atoms with E-state index in [1.807, 2.05) is 0 Å². The quantitative estimate of drug-likeness (QED) is 0.707. The number of fused-ring (bicyclic) bond motifs is 1. The Balaban J connectivity index is 1.86. The molecule has 3 atom stereocenters. The van der Waals surface area contributed by atoms with Gasteiger partial charge in [0.2, 0.25) is 0 Å². The lowest BCUT2D eigenvalue weighted by Crippen LogP contribution is -2.45. The molecule has 0 aromatic heterocycles. The number of nitrogens with one attached hydrogen (secondary N) is 1. The number of aliphatic carboxylic acids is 1. The molecule has 2 fully saturated rings. The topological polar surface area (TPSA) is 49.3 Å². The average Bonchev–Trinajstić information content (AvgIpc) is 2.17. The lowest BCUT2D eigenvalue weighted by Gasteiger charge is -2.39. The smallest absolute Gasteiger partial charge is 0.304 e. The molecule has 0 unspecified atom stereocenters. The predicted molar refractivity (Wildman–Crippen MR) is 54.1 cm³/mol. The van der Waals surface area contributed by atoms with Gasteiger partial charge in [0.25, 0.3) is 0 Å². The SMILES string of the molecule is O=C(O)C[C@@H]1C[C@H]2CCCC[C@@H]2CN1. The van der Waals surface area contributed by atoms with Crippen LogP contribution >= 0.6 is 0 Å². The first-order chi connectivity index (χ1) is 6.75. The molecule has 1 heterocycles. The second kappa shape index (κ2) is 4.30. The van der Waals surface area contributed by atoms with Crippen LogP contribution in [0.4, 0.5) is 0 Å². The highest BCUT2D eigenvalue weighted by Gasteiger charge is 2.32. The van der Waals surface area contributed by atoms with E-state index in [4.69, 9.17) is 5.11 Å². The molecular weight excluding hydrogens is 178 g/mol. The van der Waals surface area contributed by atoms with E-state index in [0.29, 0.717) is 6.42 Å². The zero-order valence-corrected chi connectivity index (χ0v) is 8.54. The van der Waals surface area contributed by atoms with Gasteiger partial charge in [-0.2, -0.15) is 0 Å². The van der Waals surface area contributed by atoms with Crippen molar-refractivity contribution >= 4 is 5.97 Å². The van der Waals surface area contributed by atoms with E-state index < -0.39 is 5.97 Å². The zero-order valence-electron chi connectivity index (χ0n) is 8.54. The van der Waals surface area contributed by atoms with Crippen LogP contribution < -0.4 is 5.32 Å². The fourth-order valence-corrected chi connectivity index (χ4v) is 3.00. The maximum atomic E-state index is 10.6. The van der Waals surface area contributed by atoms with E-state index in [1.165, 1.54) is 25.7 Å². The lowest BCUT2D eigenvalue weighted by atomic mass is 9.73. The molecule has 0 spiro atoms. The van der Waals surface area contributed by atoms with Gasteiger partial charge in [0.1, 0.15) is 0 Å². The second-order valence-electron chi connectivity index (χ2n) is 4.74. The molecule has 0 radical (unpaired) electrons. The van der Waals surface area contributed by atoms with Crippen LogP contribution in [-0.4, -0.2) is 23.7 Å². The van der Waals surface area contributed by atoms with Crippen molar-refractivity contribution in [3.63, 3.8) is 0 Å². The Morgan fingerprint density at radius 1 is 1.29 bits per heavy atom. The van der Waals surface area contributed by atoms with Crippen LogP contribution in [0.1, 0.15) is 38.5 Å². The minimum atomic E-state index is -0.670. The Morgan fingerprint density at radius 3 is 2.71 bits per heavy atom. The summed E-state index contributed by atoms with van der Waals surface area (Å²) in [5.74, 6) is 0.958. The van der Waals surface area contributed by atoms with E-state index in [2.05, 4.69) is 5.32 Å². The maximum Gasteiger partial charge on any atom is 0.304 e. The molecular formula is C11H19NO2. The number of carboxylic acids is 1. The zero-order chi connectivity index (χ0) is 9.97. The molecule has 1 aliphatic carbocycles. The Kier molecular flexibility index (Phi) is 3.06. The van der Waals surface area contributed by atoms with Crippen molar-refractivity contribution in [2.45, 2.75) is 44.6 Å². The van der Waals surface area contributed by atoms with Gasteiger partial charge in [-0.3, -0.25) is 4.79 Å². The standard InChI is InChI=1S/C11H19NO2/c13-11(14)6-10-5-8-3-1-2-4-9(8)7-12-10/h8-10,12H,1-7H2,(H,13,14)/t8-,9-,10+/m1/s1. The van der Waals surface area contributed by atoms with Gasteiger partial charge in [0.15, 0.2) is 0 Å². The number of carboxylic acid groups (broad SMARTS) is 1. The first kappa shape index (κ1) is 9.97. The summed E-state index contributed by atoms with van der Waals surface area (Å²) in [5.41, 5.74) is 0. The van der Waals surface area contributed by atoms with E-state index in [9.17, 15) is 4.79 Å². The molecule has 1 saturated heterocycles. The third-order valence-corrected chi connectivity index (χ3v) is 3.74. The van der Waals surface area contributed by atoms with Gasteiger partial charge < -0.3 is 10.4 Å². The monoisotopic (exact) mass is 197 g/mol. The number of hydrogen-bond acceptors (Lipinski definition) is 2. The Hall–Kier alpha value is -0.570. The van der Waals surface area contributed by atoms with E-state index >= 15 is 0 Å². The van der Waals surface area contributed by atoms with Crippen LogP contribution in [0.2, 0.25) is 0 Å². The van der Waals surface area contributed by atoms with Crippen LogP contribution in [0.25, 0.3) is 0 Å². The number of hydrogen-bond donors (Lipinski definition) is 2. The van der Waals surface area contributed by atoms with Crippen molar-refractivity contribution in [3.05, 3.63) is 0 Å². The van der Waals surface area contributed by atoms with Crippen molar-refractivity contribution < 1.29 is 9.90 Å². The first-order valence-electron chi connectivity index (χ1n) is 5.71. The van der Waals surface area contributed by atoms with E-state index in [0.717, 1.165) is 24.8 Å². The summed E-state index contributed by atoms with van der Waals surface area (Å²) in [4.78, 5) is 10.6. The molecule has 0 bridgehead atoms. The van der Waals surface area contributed by atoms with Gasteiger partial charge in [0, 0.05) is 6.04 Å². The fraction of sp³-hybridized carbons (Fsp3) is 0.909. The van der Waals surface area contributed by atoms with Gasteiger partial charge in [-0.25, -0.2) is 0 Å². The highest BCUT2D eigenvalue weighted by molar-refractivity contribution is 5.67. The highest BCUT2D eigenvalue weighted by Crippen LogP contribution is 2.35. The van der Waals surface area contributed by atoms with Gasteiger partial charge in [-0.15, -0.1) is 0 Å². The summed E-state index contributed by atoms with van der Waals surface area (Å²) in [7, 11) is 0. The predicted octanol–water partition coefficient (Wildman–Crippen LogP) is 1.63. The van der Waals surface area contributed by atoms with Crippen LogP contribution in [0.3, 0.4) is 0 Å². The number of carbonyl (C=O) groups is 1. The summed E-state index contributed by atoms with van der Waals surface area (Å²) in [6, 6.07) is 0.229. The Morgan fingerprint density at radius 2 is 2.00 bits per heavy atom. The highest BCUT2D eigenvalue weighted by atomic mass is 16.4. The summed E-state index contributed by atoms with van der Waals surface area (Å²) in [6.45, 7) is 1.04. The lowest BCUT2D eigenvalue weighted by molar-refractivity contribution is -0.137. The minimum absolute atomic E-state index is 0.229.